The van der Waals surface area contributed by atoms with Gasteiger partial charge in [0.2, 0.25) is 0 Å². The molecule has 1 aliphatic rings. The third-order valence-electron chi connectivity index (χ3n) is 4.61. The molecule has 0 aromatic carbocycles. The van der Waals surface area contributed by atoms with E-state index in [2.05, 4.69) is 15.0 Å². The van der Waals surface area contributed by atoms with Crippen molar-refractivity contribution in [2.24, 2.45) is 5.92 Å². The minimum Gasteiger partial charge on any atom is -0.387 e. The molecule has 1 aliphatic heterocycles. The average Bonchev–Trinajstić information content (AvgIpc) is 3.22. The standard InChI is InChI=1S/C16H24N6O8S/c1-7(2)3-8(23)15(26)21-31(27,28)29-4-9-11(24)12(25)16(30-9)22-6-20-10-13(17)18-5-19-14(10)22/h5-9,11-12,16,23-25H,3-4H2,1-2H3,(H,21,26)(H2,17,18,19)/t8-,9+,11+,12+,16+/m0/s1. The van der Waals surface area contributed by atoms with Crippen LogP contribution in [0.3, 0.4) is 0 Å². The van der Waals surface area contributed by atoms with E-state index in [1.165, 1.54) is 17.2 Å². The molecule has 31 heavy (non-hydrogen) atoms. The molecule has 0 aliphatic carbocycles. The molecule has 15 heteroatoms. The van der Waals surface area contributed by atoms with E-state index in [0.717, 1.165) is 0 Å². The first kappa shape index (κ1) is 23.2. The van der Waals surface area contributed by atoms with Crippen molar-refractivity contribution in [3.8, 4) is 0 Å². The number of hydrogen-bond acceptors (Lipinski definition) is 12. The van der Waals surface area contributed by atoms with Gasteiger partial charge in [0.05, 0.1) is 12.9 Å². The van der Waals surface area contributed by atoms with Gasteiger partial charge >= 0.3 is 10.3 Å². The monoisotopic (exact) mass is 460 g/mol. The highest BCUT2D eigenvalue weighted by Gasteiger charge is 2.45. The van der Waals surface area contributed by atoms with Gasteiger partial charge in [-0.2, -0.15) is 8.42 Å². The van der Waals surface area contributed by atoms with E-state index in [1.54, 1.807) is 18.6 Å². The van der Waals surface area contributed by atoms with Gasteiger partial charge in [0, 0.05) is 0 Å². The van der Waals surface area contributed by atoms with E-state index >= 15 is 0 Å². The molecule has 1 amide bonds. The Bertz CT molecular complexity index is 1040. The summed E-state index contributed by atoms with van der Waals surface area (Å²) in [6, 6.07) is 0. The van der Waals surface area contributed by atoms with Crippen molar-refractivity contribution in [3.63, 3.8) is 0 Å². The number of amides is 1. The van der Waals surface area contributed by atoms with E-state index in [1.807, 2.05) is 0 Å². The van der Waals surface area contributed by atoms with Gasteiger partial charge in [0.25, 0.3) is 5.91 Å². The lowest BCUT2D eigenvalue weighted by Crippen LogP contribution is -2.42. The summed E-state index contributed by atoms with van der Waals surface area (Å²) in [5.41, 5.74) is 6.22. The topological polar surface area (TPSA) is 212 Å². The van der Waals surface area contributed by atoms with Crippen LogP contribution in [0, 0.1) is 5.92 Å². The summed E-state index contributed by atoms with van der Waals surface area (Å²) in [6.07, 6.45) is -4.39. The second-order valence-corrected chi connectivity index (χ2v) is 8.83. The summed E-state index contributed by atoms with van der Waals surface area (Å²) >= 11 is 0. The number of fused-ring (bicyclic) bond motifs is 1. The maximum absolute atomic E-state index is 12.0. The number of ether oxygens (including phenoxy) is 1. The first-order valence-electron chi connectivity index (χ1n) is 9.34. The van der Waals surface area contributed by atoms with Crippen molar-refractivity contribution in [3.05, 3.63) is 12.7 Å². The van der Waals surface area contributed by atoms with Crippen molar-refractivity contribution >= 4 is 33.2 Å². The van der Waals surface area contributed by atoms with Crippen LogP contribution >= 0.6 is 0 Å². The normalized spacial score (nSPS) is 25.2. The van der Waals surface area contributed by atoms with Gasteiger partial charge in [-0.3, -0.25) is 13.5 Å². The average molecular weight is 460 g/mol. The van der Waals surface area contributed by atoms with E-state index in [4.69, 9.17) is 14.7 Å². The molecule has 0 saturated carbocycles. The van der Waals surface area contributed by atoms with Crippen LogP contribution in [0.2, 0.25) is 0 Å². The highest BCUT2D eigenvalue weighted by Crippen LogP contribution is 2.32. The number of nitrogen functional groups attached to an aromatic ring is 1. The maximum atomic E-state index is 12.0. The van der Waals surface area contributed by atoms with Crippen LogP contribution in [-0.4, -0.2) is 80.2 Å². The summed E-state index contributed by atoms with van der Waals surface area (Å²) in [6.45, 7) is 2.80. The number of nitrogens with one attached hydrogen (secondary N) is 1. The van der Waals surface area contributed by atoms with Gasteiger partial charge in [-0.15, -0.1) is 0 Å². The van der Waals surface area contributed by atoms with Crippen LogP contribution in [0.5, 0.6) is 0 Å². The van der Waals surface area contributed by atoms with Crippen molar-refractivity contribution in [1.29, 1.82) is 0 Å². The maximum Gasteiger partial charge on any atom is 0.362 e. The Morgan fingerprint density at radius 2 is 2.03 bits per heavy atom. The van der Waals surface area contributed by atoms with Crippen LogP contribution in [0.25, 0.3) is 11.2 Å². The number of aliphatic hydroxyl groups excluding tert-OH is 3. The third kappa shape index (κ3) is 5.08. The largest absolute Gasteiger partial charge is 0.387 e. The van der Waals surface area contributed by atoms with Crippen LogP contribution in [0.1, 0.15) is 26.5 Å². The lowest BCUT2D eigenvalue weighted by atomic mass is 10.1. The zero-order valence-corrected chi connectivity index (χ0v) is 17.5. The first-order chi connectivity index (χ1) is 14.5. The number of carbonyl (C=O) groups excluding carboxylic acids is 1. The van der Waals surface area contributed by atoms with E-state index in [0.29, 0.717) is 0 Å². The van der Waals surface area contributed by atoms with Gasteiger partial charge in [-0.05, 0) is 12.3 Å². The molecular formula is C16H24N6O8S. The fourth-order valence-corrected chi connectivity index (χ4v) is 3.84. The zero-order valence-electron chi connectivity index (χ0n) is 16.7. The molecule has 5 atom stereocenters. The van der Waals surface area contributed by atoms with Gasteiger partial charge in [0.1, 0.15) is 36.3 Å². The number of nitrogens with two attached hydrogens (primary N) is 1. The second-order valence-electron chi connectivity index (χ2n) is 7.48. The van der Waals surface area contributed by atoms with Gasteiger partial charge in [-0.1, -0.05) is 13.8 Å². The second kappa shape index (κ2) is 8.97. The lowest BCUT2D eigenvalue weighted by molar-refractivity contribution is -0.128. The fraction of sp³-hybridized carbons (Fsp3) is 0.625. The van der Waals surface area contributed by atoms with Gasteiger partial charge < -0.3 is 25.8 Å². The summed E-state index contributed by atoms with van der Waals surface area (Å²) in [5.74, 6) is -1.07. The first-order valence-corrected chi connectivity index (χ1v) is 10.7. The van der Waals surface area contributed by atoms with E-state index < -0.39 is 53.5 Å². The molecular weight excluding hydrogens is 436 g/mol. The van der Waals surface area contributed by atoms with Crippen molar-refractivity contribution in [2.45, 2.75) is 50.9 Å². The Morgan fingerprint density at radius 3 is 2.71 bits per heavy atom. The SMILES string of the molecule is CC(C)C[C@H](O)C(=O)NS(=O)(=O)OC[C@H]1O[C@@H](n2cnc3c(N)ncnc32)[C@H](O)[C@@H]1O. The Hall–Kier alpha value is -2.43. The molecule has 3 rings (SSSR count). The summed E-state index contributed by atoms with van der Waals surface area (Å²) < 4.78 is 37.1. The van der Waals surface area contributed by atoms with E-state index in [9.17, 15) is 28.5 Å². The number of anilines is 1. The van der Waals surface area contributed by atoms with Crippen molar-refractivity contribution in [1.82, 2.24) is 24.2 Å². The van der Waals surface area contributed by atoms with Crippen molar-refractivity contribution < 1.29 is 37.5 Å². The van der Waals surface area contributed by atoms with Crippen LogP contribution in [0.4, 0.5) is 5.82 Å². The van der Waals surface area contributed by atoms with Crippen LogP contribution in [-0.2, 0) is 24.0 Å². The molecule has 1 saturated heterocycles. The molecule has 0 radical (unpaired) electrons. The van der Waals surface area contributed by atoms with Gasteiger partial charge in [0.15, 0.2) is 17.7 Å². The molecule has 0 spiro atoms. The minimum absolute atomic E-state index is 0.0373. The Labute approximate surface area is 177 Å². The smallest absolute Gasteiger partial charge is 0.362 e. The number of rotatable bonds is 8. The molecule has 14 nitrogen and oxygen atoms in total. The Balaban J connectivity index is 1.65. The van der Waals surface area contributed by atoms with Crippen LogP contribution in [0.15, 0.2) is 12.7 Å². The molecule has 2 aromatic heterocycles. The number of aliphatic hydroxyl groups is 3. The fourth-order valence-electron chi connectivity index (χ4n) is 3.08. The number of hydrogen-bond donors (Lipinski definition) is 5. The minimum atomic E-state index is -4.59. The molecule has 172 valence electrons. The van der Waals surface area contributed by atoms with E-state index in [-0.39, 0.29) is 29.3 Å². The number of aromatic nitrogens is 4. The summed E-state index contributed by atoms with van der Waals surface area (Å²) in [5, 5.41) is 30.3. The quantitative estimate of drug-likeness (QED) is 0.284. The van der Waals surface area contributed by atoms with Crippen molar-refractivity contribution in [2.75, 3.05) is 12.3 Å². The molecule has 3 heterocycles. The Morgan fingerprint density at radius 1 is 1.32 bits per heavy atom. The molecule has 0 unspecified atom stereocenters. The molecule has 1 fully saturated rings. The number of imidazole rings is 1. The predicted octanol–water partition coefficient (Wildman–Crippen LogP) is -2.19. The predicted molar refractivity (Wildman–Crippen MR) is 104 cm³/mol. The Kier molecular flexibility index (Phi) is 6.73. The van der Waals surface area contributed by atoms with Crippen LogP contribution < -0.4 is 10.5 Å². The zero-order chi connectivity index (χ0) is 22.9. The summed E-state index contributed by atoms with van der Waals surface area (Å²) in [4.78, 5) is 23.7. The number of nitrogens with zero attached hydrogens (tertiary/aromatic N) is 4. The molecule has 6 N–H and O–H groups in total. The van der Waals surface area contributed by atoms with Gasteiger partial charge in [-0.25, -0.2) is 19.7 Å². The lowest BCUT2D eigenvalue weighted by Gasteiger charge is -2.17. The molecule has 2 aromatic rings. The highest BCUT2D eigenvalue weighted by molar-refractivity contribution is 7.85. The number of carbonyl (C=O) groups is 1. The molecule has 0 bridgehead atoms. The summed E-state index contributed by atoms with van der Waals surface area (Å²) in [7, 11) is -4.59. The highest BCUT2D eigenvalue weighted by atomic mass is 32.2. The third-order valence-corrected chi connectivity index (χ3v) is 5.51.